The summed E-state index contributed by atoms with van der Waals surface area (Å²) in [5, 5.41) is 8.77. The average Bonchev–Trinajstić information content (AvgIpc) is 1.84. The lowest BCUT2D eigenvalue weighted by molar-refractivity contribution is -0.132. The Morgan fingerprint density at radius 2 is 1.75 bits per heavy atom. The van der Waals surface area contributed by atoms with Crippen LogP contribution in [0.4, 0.5) is 0 Å². The van der Waals surface area contributed by atoms with Crippen LogP contribution in [-0.4, -0.2) is 11.1 Å². The van der Waals surface area contributed by atoms with Gasteiger partial charge < -0.3 is 5.11 Å². The topological polar surface area (TPSA) is 37.3 Å². The van der Waals surface area contributed by atoms with Crippen molar-refractivity contribution in [3.8, 4) is 0 Å². The van der Waals surface area contributed by atoms with E-state index in [1.807, 2.05) is 33.8 Å². The minimum Gasteiger partial charge on any atom is -0.478 e. The van der Waals surface area contributed by atoms with Crippen molar-refractivity contribution in [1.82, 2.24) is 0 Å². The largest absolute Gasteiger partial charge is 0.478 e. The molecule has 0 aliphatic rings. The van der Waals surface area contributed by atoms with Gasteiger partial charge in [-0.25, -0.2) is 4.79 Å². The third-order valence-corrected chi connectivity index (χ3v) is 1.58. The molecule has 0 aromatic rings. The van der Waals surface area contributed by atoms with Crippen molar-refractivity contribution in [3.05, 3.63) is 22.8 Å². The summed E-state index contributed by atoms with van der Waals surface area (Å²) in [6, 6.07) is 0. The number of hydrogen-bond donors (Lipinski definition) is 1. The molecule has 0 fully saturated rings. The van der Waals surface area contributed by atoms with Crippen molar-refractivity contribution >= 4 is 5.97 Å². The Balaban J connectivity index is 4.49. The van der Waals surface area contributed by atoms with Gasteiger partial charge in [-0.05, 0) is 34.1 Å². The summed E-state index contributed by atoms with van der Waals surface area (Å²) >= 11 is 0. The molecule has 0 aromatic heterocycles. The van der Waals surface area contributed by atoms with Crippen molar-refractivity contribution in [2.75, 3.05) is 0 Å². The highest BCUT2D eigenvalue weighted by Gasteiger charge is 2.06. The zero-order valence-corrected chi connectivity index (χ0v) is 8.14. The zero-order chi connectivity index (χ0) is 9.72. The van der Waals surface area contributed by atoms with Gasteiger partial charge in [-0.3, -0.25) is 0 Å². The first-order chi connectivity index (χ1) is 5.45. The lowest BCUT2D eigenvalue weighted by Crippen LogP contribution is -2.01. The van der Waals surface area contributed by atoms with Gasteiger partial charge in [0.1, 0.15) is 0 Å². The van der Waals surface area contributed by atoms with Crippen LogP contribution in [0.3, 0.4) is 0 Å². The number of carboxylic acids is 1. The van der Waals surface area contributed by atoms with Gasteiger partial charge in [0.15, 0.2) is 0 Å². The summed E-state index contributed by atoms with van der Waals surface area (Å²) < 4.78 is 0. The van der Waals surface area contributed by atoms with Crippen LogP contribution in [0.15, 0.2) is 22.8 Å². The number of carbonyl (C=O) groups is 1. The predicted molar refractivity (Wildman–Crippen MR) is 50.1 cm³/mol. The molecule has 0 rings (SSSR count). The maximum atomic E-state index is 10.7. The Hall–Kier alpha value is -1.05. The summed E-state index contributed by atoms with van der Waals surface area (Å²) in [6.07, 6.45) is 2.45. The van der Waals surface area contributed by atoms with E-state index < -0.39 is 5.97 Å². The molecule has 12 heavy (non-hydrogen) atoms. The fourth-order valence-corrected chi connectivity index (χ4v) is 0.811. The van der Waals surface area contributed by atoms with E-state index in [9.17, 15) is 4.79 Å². The van der Waals surface area contributed by atoms with Gasteiger partial charge in [0.2, 0.25) is 0 Å². The normalized spacial score (nSPS) is 9.00. The molecule has 0 spiro atoms. The fourth-order valence-electron chi connectivity index (χ4n) is 0.811. The number of carboxylic acid groups (broad SMARTS) is 1. The fraction of sp³-hybridized carbons (Fsp3) is 0.500. The Labute approximate surface area is 73.6 Å². The summed E-state index contributed by atoms with van der Waals surface area (Å²) in [5.74, 6) is -0.813. The summed E-state index contributed by atoms with van der Waals surface area (Å²) in [4.78, 5) is 10.7. The molecule has 0 aliphatic heterocycles. The second-order valence-electron chi connectivity index (χ2n) is 3.27. The molecule has 68 valence electrons. The summed E-state index contributed by atoms with van der Waals surface area (Å²) in [5.41, 5.74) is 2.52. The Bertz CT molecular complexity index is 226. The first-order valence-corrected chi connectivity index (χ1v) is 3.98. The van der Waals surface area contributed by atoms with E-state index in [1.165, 1.54) is 0 Å². The average molecular weight is 168 g/mol. The van der Waals surface area contributed by atoms with E-state index in [4.69, 9.17) is 5.11 Å². The molecular formula is C10H16O2. The summed E-state index contributed by atoms with van der Waals surface area (Å²) in [7, 11) is 0. The molecule has 0 bridgehead atoms. The van der Waals surface area contributed by atoms with Crippen LogP contribution in [-0.2, 0) is 4.79 Å². The quantitative estimate of drug-likeness (QED) is 0.519. The molecule has 0 aliphatic carbocycles. The number of hydrogen-bond acceptors (Lipinski definition) is 1. The van der Waals surface area contributed by atoms with Crippen LogP contribution in [0.5, 0.6) is 0 Å². The number of allylic oxidation sites excluding steroid dienone is 3. The first kappa shape index (κ1) is 11.0. The van der Waals surface area contributed by atoms with Gasteiger partial charge in [-0.2, -0.15) is 0 Å². The molecule has 0 heterocycles. The van der Waals surface area contributed by atoms with Crippen LogP contribution in [0.2, 0.25) is 0 Å². The van der Waals surface area contributed by atoms with Crippen molar-refractivity contribution in [2.45, 2.75) is 34.1 Å². The molecular weight excluding hydrogens is 152 g/mol. The van der Waals surface area contributed by atoms with E-state index in [2.05, 4.69) is 0 Å². The SMILES string of the molecule is CC(C)=CCC(C(=O)O)=C(C)C. The monoisotopic (exact) mass is 168 g/mol. The van der Waals surface area contributed by atoms with Gasteiger partial charge in [0.05, 0.1) is 0 Å². The number of aliphatic carboxylic acids is 1. The molecule has 2 nitrogen and oxygen atoms in total. The Kier molecular flexibility index (Phi) is 4.34. The van der Waals surface area contributed by atoms with Crippen LogP contribution >= 0.6 is 0 Å². The third kappa shape index (κ3) is 3.96. The van der Waals surface area contributed by atoms with E-state index >= 15 is 0 Å². The van der Waals surface area contributed by atoms with Crippen molar-refractivity contribution < 1.29 is 9.90 Å². The van der Waals surface area contributed by atoms with Gasteiger partial charge in [-0.1, -0.05) is 17.2 Å². The zero-order valence-electron chi connectivity index (χ0n) is 8.14. The van der Waals surface area contributed by atoms with Crippen molar-refractivity contribution in [1.29, 1.82) is 0 Å². The van der Waals surface area contributed by atoms with Crippen LogP contribution in [0.1, 0.15) is 34.1 Å². The van der Waals surface area contributed by atoms with Gasteiger partial charge in [-0.15, -0.1) is 0 Å². The van der Waals surface area contributed by atoms with E-state index in [1.54, 1.807) is 0 Å². The minimum absolute atomic E-state index is 0.496. The van der Waals surface area contributed by atoms with Gasteiger partial charge in [0.25, 0.3) is 0 Å². The van der Waals surface area contributed by atoms with Crippen LogP contribution in [0.25, 0.3) is 0 Å². The molecule has 0 radical (unpaired) electrons. The van der Waals surface area contributed by atoms with Crippen LogP contribution < -0.4 is 0 Å². The first-order valence-electron chi connectivity index (χ1n) is 3.98. The van der Waals surface area contributed by atoms with Gasteiger partial charge in [0, 0.05) is 5.57 Å². The highest BCUT2D eigenvalue weighted by molar-refractivity contribution is 5.87. The van der Waals surface area contributed by atoms with Crippen molar-refractivity contribution in [3.63, 3.8) is 0 Å². The predicted octanol–water partition coefficient (Wildman–Crippen LogP) is 2.76. The molecule has 1 N–H and O–H groups in total. The molecule has 0 aromatic carbocycles. The molecule has 0 amide bonds. The molecule has 2 heteroatoms. The van der Waals surface area contributed by atoms with Gasteiger partial charge >= 0.3 is 5.97 Å². The Morgan fingerprint density at radius 3 is 2.00 bits per heavy atom. The van der Waals surface area contributed by atoms with E-state index in [0.717, 1.165) is 11.1 Å². The standard InChI is InChI=1S/C10H16O2/c1-7(2)5-6-9(8(3)4)10(11)12/h5H,6H2,1-4H3,(H,11,12). The smallest absolute Gasteiger partial charge is 0.331 e. The van der Waals surface area contributed by atoms with E-state index in [0.29, 0.717) is 12.0 Å². The highest BCUT2D eigenvalue weighted by atomic mass is 16.4. The maximum absolute atomic E-state index is 10.7. The number of rotatable bonds is 3. The summed E-state index contributed by atoms with van der Waals surface area (Å²) in [6.45, 7) is 7.57. The third-order valence-electron chi connectivity index (χ3n) is 1.58. The van der Waals surface area contributed by atoms with E-state index in [-0.39, 0.29) is 0 Å². The Morgan fingerprint density at radius 1 is 1.25 bits per heavy atom. The van der Waals surface area contributed by atoms with Crippen molar-refractivity contribution in [2.24, 2.45) is 0 Å². The molecule has 0 saturated carbocycles. The molecule has 0 saturated heterocycles. The lowest BCUT2D eigenvalue weighted by Gasteiger charge is -2.00. The second kappa shape index (κ2) is 4.75. The lowest BCUT2D eigenvalue weighted by atomic mass is 10.1. The molecule has 0 unspecified atom stereocenters. The maximum Gasteiger partial charge on any atom is 0.331 e. The highest BCUT2D eigenvalue weighted by Crippen LogP contribution is 2.10. The second-order valence-corrected chi connectivity index (χ2v) is 3.27. The molecule has 0 atom stereocenters. The minimum atomic E-state index is -0.813. The van der Waals surface area contributed by atoms with Crippen LogP contribution in [0, 0.1) is 0 Å².